The summed E-state index contributed by atoms with van der Waals surface area (Å²) in [6, 6.07) is 9.75. The number of hydrogen-bond donors (Lipinski definition) is 1. The number of aromatic nitrogens is 2. The lowest BCUT2D eigenvalue weighted by atomic mass is 10.2. The third kappa shape index (κ3) is 6.62. The summed E-state index contributed by atoms with van der Waals surface area (Å²) >= 11 is 11.9. The van der Waals surface area contributed by atoms with E-state index < -0.39 is 0 Å². The van der Waals surface area contributed by atoms with Crippen molar-refractivity contribution < 1.29 is 4.79 Å². The van der Waals surface area contributed by atoms with Crippen LogP contribution in [-0.4, -0.2) is 28.1 Å². The Morgan fingerprint density at radius 1 is 1.22 bits per heavy atom. The lowest BCUT2D eigenvalue weighted by molar-refractivity contribution is -0.118. The molecule has 0 aliphatic carbocycles. The molecule has 2 heterocycles. The Morgan fingerprint density at radius 2 is 1.96 bits per heavy atom. The summed E-state index contributed by atoms with van der Waals surface area (Å²) in [5.74, 6) is 0.876. The van der Waals surface area contributed by atoms with Gasteiger partial charge in [0.05, 0.1) is 12.0 Å². The first-order valence-corrected chi connectivity index (χ1v) is 11.8. The lowest BCUT2D eigenvalue weighted by Crippen LogP contribution is -2.19. The minimum absolute atomic E-state index is 0.170. The van der Waals surface area contributed by atoms with Gasteiger partial charge < -0.3 is 0 Å². The number of hydrogen-bond acceptors (Lipinski definition) is 8. The molecule has 0 saturated heterocycles. The molecule has 0 aliphatic heterocycles. The number of hydrazone groups is 1. The van der Waals surface area contributed by atoms with E-state index in [-0.39, 0.29) is 11.7 Å². The van der Waals surface area contributed by atoms with E-state index in [0.717, 1.165) is 29.9 Å². The van der Waals surface area contributed by atoms with Crippen molar-refractivity contribution in [3.8, 4) is 0 Å². The number of thiophene rings is 1. The Balaban J connectivity index is 1.41. The number of amides is 1. The zero-order chi connectivity index (χ0) is 19.1. The van der Waals surface area contributed by atoms with Crippen LogP contribution in [0.3, 0.4) is 0 Å². The molecule has 0 spiro atoms. The second kappa shape index (κ2) is 10.2. The number of carbonyl (C=O) groups excluding carboxylic acids is 1. The summed E-state index contributed by atoms with van der Waals surface area (Å²) < 4.78 is 1.64. The molecule has 1 aromatic carbocycles. The molecular weight excluding hydrogens is 440 g/mol. The summed E-state index contributed by atoms with van der Waals surface area (Å²) in [5, 5.41) is 15.0. The van der Waals surface area contributed by atoms with Crippen LogP contribution in [0.25, 0.3) is 0 Å². The smallest absolute Gasteiger partial charge is 0.250 e. The lowest BCUT2D eigenvalue weighted by Gasteiger charge is -1.98. The van der Waals surface area contributed by atoms with Crippen LogP contribution >= 0.6 is 57.8 Å². The minimum atomic E-state index is -0.170. The zero-order valence-corrected chi connectivity index (χ0v) is 18.2. The Labute approximate surface area is 178 Å². The molecule has 2 aromatic heterocycles. The Bertz CT molecular complexity index is 923. The van der Waals surface area contributed by atoms with E-state index in [9.17, 15) is 4.79 Å². The largest absolute Gasteiger partial charge is 0.272 e. The maximum atomic E-state index is 11.9. The van der Waals surface area contributed by atoms with E-state index >= 15 is 0 Å². The van der Waals surface area contributed by atoms with Crippen LogP contribution in [0.1, 0.15) is 16.0 Å². The van der Waals surface area contributed by atoms with Gasteiger partial charge in [-0.1, -0.05) is 58.6 Å². The summed E-state index contributed by atoms with van der Waals surface area (Å²) in [6.45, 7) is 2.01. The van der Waals surface area contributed by atoms with Crippen LogP contribution in [-0.2, 0) is 10.5 Å². The number of nitrogens with one attached hydrogen (secondary N) is 1. The van der Waals surface area contributed by atoms with Crippen molar-refractivity contribution in [3.05, 3.63) is 56.7 Å². The molecule has 140 valence electrons. The van der Waals surface area contributed by atoms with Gasteiger partial charge in [-0.3, -0.25) is 4.79 Å². The number of rotatable bonds is 8. The molecule has 0 saturated carbocycles. The molecule has 3 rings (SSSR count). The molecule has 0 atom stereocenters. The molecule has 3 aromatic rings. The molecule has 10 heteroatoms. The average Bonchev–Trinajstić information content (AvgIpc) is 3.29. The predicted molar refractivity (Wildman–Crippen MR) is 116 cm³/mol. The van der Waals surface area contributed by atoms with E-state index in [1.54, 1.807) is 29.3 Å². The first-order valence-electron chi connectivity index (χ1n) is 7.79. The fourth-order valence-corrected chi connectivity index (χ4v) is 5.56. The average molecular weight is 455 g/mol. The molecule has 0 radical (unpaired) electrons. The van der Waals surface area contributed by atoms with E-state index in [1.807, 2.05) is 42.6 Å². The SMILES string of the molecule is Cc1ccsc1C=NNC(=O)CSc1nnc(SCc2ccc(Cl)cc2)s1. The van der Waals surface area contributed by atoms with Crippen molar-refractivity contribution in [1.82, 2.24) is 15.6 Å². The third-order valence-corrected chi connectivity index (χ3v) is 7.73. The zero-order valence-electron chi connectivity index (χ0n) is 14.2. The van der Waals surface area contributed by atoms with Crippen LogP contribution in [0.5, 0.6) is 0 Å². The van der Waals surface area contributed by atoms with Crippen LogP contribution < -0.4 is 5.43 Å². The van der Waals surface area contributed by atoms with Gasteiger partial charge in [0.15, 0.2) is 8.68 Å². The molecule has 27 heavy (non-hydrogen) atoms. The number of thioether (sulfide) groups is 2. The maximum absolute atomic E-state index is 11.9. The van der Waals surface area contributed by atoms with Crippen molar-refractivity contribution in [1.29, 1.82) is 0 Å². The fourth-order valence-electron chi connectivity index (χ4n) is 1.88. The molecule has 1 amide bonds. The van der Waals surface area contributed by atoms with Gasteiger partial charge in [0.25, 0.3) is 5.91 Å². The van der Waals surface area contributed by atoms with Gasteiger partial charge in [-0.25, -0.2) is 5.43 Å². The van der Waals surface area contributed by atoms with Gasteiger partial charge in [0.2, 0.25) is 0 Å². The van der Waals surface area contributed by atoms with Crippen LogP contribution in [0, 0.1) is 6.92 Å². The van der Waals surface area contributed by atoms with E-state index in [2.05, 4.69) is 20.7 Å². The highest BCUT2D eigenvalue weighted by Crippen LogP contribution is 2.30. The van der Waals surface area contributed by atoms with Gasteiger partial charge >= 0.3 is 0 Å². The Morgan fingerprint density at radius 3 is 2.67 bits per heavy atom. The van der Waals surface area contributed by atoms with Crippen molar-refractivity contribution in [2.24, 2.45) is 5.10 Å². The summed E-state index contributed by atoms with van der Waals surface area (Å²) in [4.78, 5) is 12.9. The number of nitrogens with zero attached hydrogens (tertiary/aromatic N) is 3. The number of benzene rings is 1. The highest BCUT2D eigenvalue weighted by molar-refractivity contribution is 8.03. The fraction of sp³-hybridized carbons (Fsp3) is 0.176. The first-order chi connectivity index (χ1) is 13.1. The summed E-state index contributed by atoms with van der Waals surface area (Å²) in [6.07, 6.45) is 1.67. The minimum Gasteiger partial charge on any atom is -0.272 e. The maximum Gasteiger partial charge on any atom is 0.250 e. The van der Waals surface area contributed by atoms with Gasteiger partial charge in [-0.2, -0.15) is 5.10 Å². The van der Waals surface area contributed by atoms with Crippen LogP contribution in [0.2, 0.25) is 5.02 Å². The predicted octanol–water partition coefficient (Wildman–Crippen LogP) is 5.10. The Hall–Kier alpha value is -1.39. The molecule has 0 unspecified atom stereocenters. The molecule has 0 aliphatic rings. The van der Waals surface area contributed by atoms with E-state index in [1.165, 1.54) is 28.7 Å². The second-order valence-electron chi connectivity index (χ2n) is 5.30. The van der Waals surface area contributed by atoms with Crippen molar-refractivity contribution >= 4 is 69.9 Å². The standard InChI is InChI=1S/C17H15ClN4OS4/c1-11-6-7-24-14(11)8-19-20-15(23)10-26-17-22-21-16(27-17)25-9-12-2-4-13(18)5-3-12/h2-8H,9-10H2,1H3,(H,20,23). The first kappa shape index (κ1) is 20.3. The van der Waals surface area contributed by atoms with Crippen LogP contribution in [0.15, 0.2) is 49.5 Å². The molecule has 5 nitrogen and oxygen atoms in total. The van der Waals surface area contributed by atoms with Gasteiger partial charge in [-0.05, 0) is 41.6 Å². The Kier molecular flexibility index (Phi) is 7.71. The normalized spacial score (nSPS) is 11.2. The number of halogens is 1. The third-order valence-electron chi connectivity index (χ3n) is 3.26. The second-order valence-corrected chi connectivity index (χ2v) is 10.1. The van der Waals surface area contributed by atoms with Gasteiger partial charge in [0, 0.05) is 15.7 Å². The van der Waals surface area contributed by atoms with E-state index in [0.29, 0.717) is 0 Å². The summed E-state index contributed by atoms with van der Waals surface area (Å²) in [7, 11) is 0. The van der Waals surface area contributed by atoms with Gasteiger partial charge in [0.1, 0.15) is 0 Å². The van der Waals surface area contributed by atoms with Crippen molar-refractivity contribution in [3.63, 3.8) is 0 Å². The number of carbonyl (C=O) groups is 1. The van der Waals surface area contributed by atoms with Gasteiger partial charge in [-0.15, -0.1) is 21.5 Å². The number of aryl methyl sites for hydroxylation is 1. The molecule has 0 bridgehead atoms. The molecule has 1 N–H and O–H groups in total. The molecular formula is C17H15ClN4OS4. The quantitative estimate of drug-likeness (QED) is 0.291. The highest BCUT2D eigenvalue weighted by atomic mass is 35.5. The topological polar surface area (TPSA) is 67.2 Å². The monoisotopic (exact) mass is 454 g/mol. The van der Waals surface area contributed by atoms with Crippen molar-refractivity contribution in [2.45, 2.75) is 21.4 Å². The van der Waals surface area contributed by atoms with Crippen molar-refractivity contribution in [2.75, 3.05) is 5.75 Å². The summed E-state index contributed by atoms with van der Waals surface area (Å²) in [5.41, 5.74) is 4.85. The highest BCUT2D eigenvalue weighted by Gasteiger charge is 2.08. The van der Waals surface area contributed by atoms with E-state index in [4.69, 9.17) is 11.6 Å². The van der Waals surface area contributed by atoms with Crippen LogP contribution in [0.4, 0.5) is 0 Å². The molecule has 0 fully saturated rings.